The van der Waals surface area contributed by atoms with Gasteiger partial charge in [-0.3, -0.25) is 9.19 Å². The van der Waals surface area contributed by atoms with Gasteiger partial charge in [0.25, 0.3) is 0 Å². The highest BCUT2D eigenvalue weighted by atomic mass is 32.2. The smallest absolute Gasteiger partial charge is 0.141 e. The fourth-order valence-corrected chi connectivity index (χ4v) is 4.53. The lowest BCUT2D eigenvalue weighted by Crippen LogP contribution is -2.44. The van der Waals surface area contributed by atoms with E-state index in [0.717, 1.165) is 41.4 Å². The maximum absolute atomic E-state index is 11.5. The minimum Gasteiger partial charge on any atom is -0.485 e. The Bertz CT molecular complexity index is 800. The van der Waals surface area contributed by atoms with E-state index in [9.17, 15) is 4.21 Å². The molecule has 1 fully saturated rings. The van der Waals surface area contributed by atoms with Gasteiger partial charge in [0.05, 0.1) is 11.9 Å². The van der Waals surface area contributed by atoms with Crippen LogP contribution < -0.4 is 10.1 Å². The predicted octanol–water partition coefficient (Wildman–Crippen LogP) is 3.18. The number of aromatic nitrogens is 1. The zero-order valence-electron chi connectivity index (χ0n) is 14.7. The molecule has 1 aromatic carbocycles. The minimum absolute atomic E-state index is 0.117. The van der Waals surface area contributed by atoms with Crippen LogP contribution in [-0.4, -0.2) is 34.1 Å². The third-order valence-electron chi connectivity index (χ3n) is 5.52. The van der Waals surface area contributed by atoms with Crippen LogP contribution in [0.5, 0.6) is 5.75 Å². The average Bonchev–Trinajstić information content (AvgIpc) is 2.99. The van der Waals surface area contributed by atoms with E-state index in [2.05, 4.69) is 23.3 Å². The molecule has 4 nitrogen and oxygen atoms in total. The molecule has 2 atom stereocenters. The number of nitrogens with one attached hydrogen (secondary N) is 1. The summed E-state index contributed by atoms with van der Waals surface area (Å²) < 4.78 is 17.9. The predicted molar refractivity (Wildman–Crippen MR) is 100 cm³/mol. The molecule has 2 aliphatic heterocycles. The Morgan fingerprint density at radius 2 is 1.96 bits per heavy atom. The molecule has 0 saturated carbocycles. The van der Waals surface area contributed by atoms with Gasteiger partial charge in [0, 0.05) is 45.4 Å². The number of fused-ring (bicyclic) bond motifs is 1. The molecule has 0 bridgehead atoms. The van der Waals surface area contributed by atoms with Crippen molar-refractivity contribution >= 4 is 10.8 Å². The van der Waals surface area contributed by atoms with Crippen LogP contribution >= 0.6 is 0 Å². The molecule has 1 unspecified atom stereocenters. The average molecular weight is 356 g/mol. The molecule has 25 heavy (non-hydrogen) atoms. The summed E-state index contributed by atoms with van der Waals surface area (Å²) in [5, 5.41) is 3.43. The molecule has 1 saturated heterocycles. The molecule has 0 spiro atoms. The van der Waals surface area contributed by atoms with Crippen LogP contribution in [0.15, 0.2) is 41.4 Å². The number of pyridine rings is 1. The maximum atomic E-state index is 11.5. The van der Waals surface area contributed by atoms with E-state index in [-0.39, 0.29) is 5.60 Å². The van der Waals surface area contributed by atoms with Crippen molar-refractivity contribution in [2.75, 3.05) is 19.3 Å². The van der Waals surface area contributed by atoms with E-state index in [0.29, 0.717) is 5.92 Å². The zero-order valence-corrected chi connectivity index (χ0v) is 15.6. The highest BCUT2D eigenvalue weighted by molar-refractivity contribution is 7.84. The molecule has 1 aromatic heterocycles. The number of rotatable bonds is 3. The first-order chi connectivity index (χ1) is 12.0. The van der Waals surface area contributed by atoms with Crippen LogP contribution in [0.1, 0.15) is 25.3 Å². The zero-order chi connectivity index (χ0) is 17.4. The Balaban J connectivity index is 1.58. The highest BCUT2D eigenvalue weighted by Gasteiger charge is 2.42. The SMILES string of the molecule is CS(=O)c1ccc(-c2cc3c(cn2)O[C@@](C)(C2CCNCC2)C3)cc1. The van der Waals surface area contributed by atoms with Crippen molar-refractivity contribution in [3.63, 3.8) is 0 Å². The lowest BCUT2D eigenvalue weighted by Gasteiger charge is -2.36. The summed E-state index contributed by atoms with van der Waals surface area (Å²) in [5.74, 6) is 1.51. The summed E-state index contributed by atoms with van der Waals surface area (Å²) in [4.78, 5) is 5.43. The van der Waals surface area contributed by atoms with Crippen molar-refractivity contribution in [3.05, 3.63) is 42.1 Å². The summed E-state index contributed by atoms with van der Waals surface area (Å²) in [6, 6.07) is 9.96. The third-order valence-corrected chi connectivity index (χ3v) is 6.45. The van der Waals surface area contributed by atoms with Crippen molar-refractivity contribution < 1.29 is 8.95 Å². The first kappa shape index (κ1) is 16.7. The highest BCUT2D eigenvalue weighted by Crippen LogP contribution is 2.42. The van der Waals surface area contributed by atoms with Gasteiger partial charge < -0.3 is 10.1 Å². The molecule has 3 heterocycles. The van der Waals surface area contributed by atoms with E-state index in [1.807, 2.05) is 30.5 Å². The van der Waals surface area contributed by atoms with Gasteiger partial charge in [-0.15, -0.1) is 0 Å². The first-order valence-electron chi connectivity index (χ1n) is 8.88. The van der Waals surface area contributed by atoms with Crippen LogP contribution in [0.25, 0.3) is 11.3 Å². The van der Waals surface area contributed by atoms with Crippen molar-refractivity contribution in [2.24, 2.45) is 5.92 Å². The molecular weight excluding hydrogens is 332 g/mol. The fourth-order valence-electron chi connectivity index (χ4n) is 4.02. The minimum atomic E-state index is -0.952. The number of ether oxygens (including phenoxy) is 1. The standard InChI is InChI=1S/C20H24N2O2S/c1-20(16-7-9-21-10-8-16)12-15-11-18(22-13-19(15)24-20)14-3-5-17(6-4-14)25(2)23/h3-6,11,13,16,21H,7-10,12H2,1-2H3/t20-,25?/m1/s1. The molecule has 0 aliphatic carbocycles. The molecule has 0 amide bonds. The number of piperidine rings is 1. The topological polar surface area (TPSA) is 51.2 Å². The second kappa shape index (κ2) is 6.54. The maximum Gasteiger partial charge on any atom is 0.141 e. The number of hydrogen-bond donors (Lipinski definition) is 1. The van der Waals surface area contributed by atoms with E-state index in [1.165, 1.54) is 18.4 Å². The van der Waals surface area contributed by atoms with Crippen molar-refractivity contribution in [1.29, 1.82) is 0 Å². The number of hydrogen-bond acceptors (Lipinski definition) is 4. The molecular formula is C20H24N2O2S. The lowest BCUT2D eigenvalue weighted by molar-refractivity contribution is 0.0317. The molecule has 132 valence electrons. The van der Waals surface area contributed by atoms with Crippen molar-refractivity contribution in [2.45, 2.75) is 36.7 Å². The van der Waals surface area contributed by atoms with E-state index in [1.54, 1.807) is 6.26 Å². The molecule has 1 N–H and O–H groups in total. The third kappa shape index (κ3) is 3.23. The fraction of sp³-hybridized carbons (Fsp3) is 0.450. The van der Waals surface area contributed by atoms with Gasteiger partial charge in [0.15, 0.2) is 0 Å². The number of benzene rings is 1. The van der Waals surface area contributed by atoms with Crippen LogP contribution in [0.3, 0.4) is 0 Å². The Hall–Kier alpha value is -1.72. The van der Waals surface area contributed by atoms with E-state index >= 15 is 0 Å². The van der Waals surface area contributed by atoms with Gasteiger partial charge in [0.1, 0.15) is 11.4 Å². The van der Waals surface area contributed by atoms with Crippen molar-refractivity contribution in [1.82, 2.24) is 10.3 Å². The summed E-state index contributed by atoms with van der Waals surface area (Å²) in [7, 11) is -0.952. The van der Waals surface area contributed by atoms with Gasteiger partial charge in [-0.25, -0.2) is 0 Å². The van der Waals surface area contributed by atoms with Gasteiger partial charge in [-0.2, -0.15) is 0 Å². The van der Waals surface area contributed by atoms with Crippen LogP contribution in [-0.2, 0) is 17.2 Å². The first-order valence-corrected chi connectivity index (χ1v) is 10.4. The Kier molecular flexibility index (Phi) is 4.38. The van der Waals surface area contributed by atoms with Crippen LogP contribution in [0.4, 0.5) is 0 Å². The normalized spacial score (nSPS) is 24.6. The molecule has 5 heteroatoms. The quantitative estimate of drug-likeness (QED) is 0.918. The second-order valence-electron chi connectivity index (χ2n) is 7.27. The summed E-state index contributed by atoms with van der Waals surface area (Å²) in [6.45, 7) is 4.40. The largest absolute Gasteiger partial charge is 0.485 e. The summed E-state index contributed by atoms with van der Waals surface area (Å²) in [5.41, 5.74) is 3.13. The van der Waals surface area contributed by atoms with Gasteiger partial charge in [-0.1, -0.05) is 12.1 Å². The Morgan fingerprint density at radius 3 is 2.64 bits per heavy atom. The van der Waals surface area contributed by atoms with E-state index in [4.69, 9.17) is 4.74 Å². The van der Waals surface area contributed by atoms with Crippen LogP contribution in [0.2, 0.25) is 0 Å². The Labute approximate surface area is 151 Å². The van der Waals surface area contributed by atoms with Crippen LogP contribution in [0, 0.1) is 5.92 Å². The molecule has 2 aromatic rings. The molecule has 0 radical (unpaired) electrons. The second-order valence-corrected chi connectivity index (χ2v) is 8.65. The Morgan fingerprint density at radius 1 is 1.24 bits per heavy atom. The lowest BCUT2D eigenvalue weighted by atomic mass is 9.79. The summed E-state index contributed by atoms with van der Waals surface area (Å²) >= 11 is 0. The molecule has 2 aliphatic rings. The van der Waals surface area contributed by atoms with Gasteiger partial charge >= 0.3 is 0 Å². The molecule has 4 rings (SSSR count). The number of nitrogens with zero attached hydrogens (tertiary/aromatic N) is 1. The summed E-state index contributed by atoms with van der Waals surface area (Å²) in [6.07, 6.45) is 6.84. The van der Waals surface area contributed by atoms with Gasteiger partial charge in [-0.05, 0) is 51.1 Å². The van der Waals surface area contributed by atoms with E-state index < -0.39 is 10.8 Å². The van der Waals surface area contributed by atoms with Gasteiger partial charge in [0.2, 0.25) is 0 Å². The van der Waals surface area contributed by atoms with Crippen molar-refractivity contribution in [3.8, 4) is 17.0 Å². The monoisotopic (exact) mass is 356 g/mol.